The van der Waals surface area contributed by atoms with Crippen molar-refractivity contribution in [3.8, 4) is 5.75 Å². The van der Waals surface area contributed by atoms with E-state index in [9.17, 15) is 0 Å². The molecule has 0 radical (unpaired) electrons. The molecule has 1 aromatic rings. The number of halogens is 1. The lowest BCUT2D eigenvalue weighted by Crippen LogP contribution is -2.40. The molecule has 0 heterocycles. The molecule has 0 unspecified atom stereocenters. The van der Waals surface area contributed by atoms with E-state index in [1.54, 1.807) is 13.1 Å². The fourth-order valence-corrected chi connectivity index (χ4v) is 1.86. The fraction of sp³-hybridized carbons (Fsp3) is 0.471. The van der Waals surface area contributed by atoms with Gasteiger partial charge in [0.15, 0.2) is 5.96 Å². The van der Waals surface area contributed by atoms with E-state index in [1.807, 2.05) is 24.3 Å². The number of rotatable bonds is 9. The van der Waals surface area contributed by atoms with Gasteiger partial charge >= 0.3 is 0 Å². The molecule has 0 bridgehead atoms. The molecule has 5 nitrogen and oxygen atoms in total. The Balaban J connectivity index is 0.00000484. The highest BCUT2D eigenvalue weighted by Gasteiger charge is 2.04. The van der Waals surface area contributed by atoms with Crippen molar-refractivity contribution in [3.63, 3.8) is 0 Å². The van der Waals surface area contributed by atoms with Crippen molar-refractivity contribution in [2.45, 2.75) is 13.5 Å². The summed E-state index contributed by atoms with van der Waals surface area (Å²) in [6, 6.07) is 7.98. The molecule has 0 aliphatic carbocycles. The van der Waals surface area contributed by atoms with Crippen molar-refractivity contribution in [1.29, 1.82) is 0 Å². The molecule has 0 spiro atoms. The number of nitrogens with one attached hydrogen (secondary N) is 2. The second-order valence-corrected chi connectivity index (χ2v) is 4.96. The van der Waals surface area contributed by atoms with Crippen LogP contribution in [-0.2, 0) is 6.54 Å². The summed E-state index contributed by atoms with van der Waals surface area (Å²) in [5.41, 5.74) is 1.10. The lowest BCUT2D eigenvalue weighted by molar-refractivity contribution is 0.356. The van der Waals surface area contributed by atoms with E-state index in [4.69, 9.17) is 4.74 Å². The number of ether oxygens (including phenoxy) is 1. The highest BCUT2D eigenvalue weighted by Crippen LogP contribution is 2.17. The highest BCUT2D eigenvalue weighted by molar-refractivity contribution is 14.0. The number of aliphatic imine (C=N–C) groups is 1. The average molecular weight is 432 g/mol. The zero-order valence-electron chi connectivity index (χ0n) is 14.3. The minimum Gasteiger partial charge on any atom is -0.489 e. The van der Waals surface area contributed by atoms with Gasteiger partial charge in [-0.15, -0.1) is 24.0 Å². The molecule has 23 heavy (non-hydrogen) atoms. The third kappa shape index (κ3) is 8.80. The van der Waals surface area contributed by atoms with E-state index < -0.39 is 0 Å². The first-order chi connectivity index (χ1) is 10.7. The fourth-order valence-electron chi connectivity index (χ4n) is 1.86. The Labute approximate surface area is 157 Å². The van der Waals surface area contributed by atoms with Crippen LogP contribution >= 0.6 is 24.0 Å². The summed E-state index contributed by atoms with van der Waals surface area (Å²) in [5.74, 6) is 1.67. The zero-order valence-corrected chi connectivity index (χ0v) is 16.7. The summed E-state index contributed by atoms with van der Waals surface area (Å²) >= 11 is 0. The van der Waals surface area contributed by atoms with Crippen LogP contribution in [0, 0.1) is 0 Å². The minimum absolute atomic E-state index is 0. The topological polar surface area (TPSA) is 48.9 Å². The Bertz CT molecular complexity index is 479. The SMILES string of the molecule is C=CCOc1ccccc1CNC(=NC)NCCN(C)CC.I. The van der Waals surface area contributed by atoms with Crippen LogP contribution in [-0.4, -0.2) is 51.2 Å². The molecule has 0 saturated heterocycles. The molecular formula is C17H29IN4O. The molecule has 1 aromatic carbocycles. The van der Waals surface area contributed by atoms with E-state index in [1.165, 1.54) is 0 Å². The summed E-state index contributed by atoms with van der Waals surface area (Å²) in [6.07, 6.45) is 1.74. The van der Waals surface area contributed by atoms with Crippen LogP contribution in [0.5, 0.6) is 5.75 Å². The summed E-state index contributed by atoms with van der Waals surface area (Å²) in [5, 5.41) is 6.62. The highest BCUT2D eigenvalue weighted by atomic mass is 127. The summed E-state index contributed by atoms with van der Waals surface area (Å²) in [6.45, 7) is 9.88. The van der Waals surface area contributed by atoms with Crippen LogP contribution in [0.3, 0.4) is 0 Å². The second-order valence-electron chi connectivity index (χ2n) is 4.96. The van der Waals surface area contributed by atoms with Gasteiger partial charge in [0.2, 0.25) is 0 Å². The summed E-state index contributed by atoms with van der Waals surface area (Å²) in [4.78, 5) is 6.49. The Morgan fingerprint density at radius 2 is 2.09 bits per heavy atom. The van der Waals surface area contributed by atoms with Gasteiger partial charge in [0.25, 0.3) is 0 Å². The van der Waals surface area contributed by atoms with Crippen molar-refractivity contribution in [3.05, 3.63) is 42.5 Å². The van der Waals surface area contributed by atoms with Crippen molar-refractivity contribution < 1.29 is 4.74 Å². The first-order valence-electron chi connectivity index (χ1n) is 7.65. The third-order valence-corrected chi connectivity index (χ3v) is 3.32. The maximum atomic E-state index is 5.65. The molecule has 0 aromatic heterocycles. The molecule has 130 valence electrons. The van der Waals surface area contributed by atoms with Gasteiger partial charge in [0.05, 0.1) is 0 Å². The first-order valence-corrected chi connectivity index (χ1v) is 7.65. The van der Waals surface area contributed by atoms with Crippen LogP contribution in [0.2, 0.25) is 0 Å². The predicted molar refractivity (Wildman–Crippen MR) is 109 cm³/mol. The molecule has 0 aliphatic heterocycles. The normalized spacial score (nSPS) is 10.9. The summed E-state index contributed by atoms with van der Waals surface area (Å²) in [7, 11) is 3.88. The average Bonchev–Trinajstić information content (AvgIpc) is 2.56. The number of likely N-dealkylation sites (N-methyl/N-ethyl adjacent to an activating group) is 1. The van der Waals surface area contributed by atoms with E-state index in [0.717, 1.165) is 36.9 Å². The Morgan fingerprint density at radius 3 is 2.74 bits per heavy atom. The number of nitrogens with zero attached hydrogens (tertiary/aromatic N) is 2. The number of hydrogen-bond acceptors (Lipinski definition) is 3. The van der Waals surface area contributed by atoms with Gasteiger partial charge in [-0.3, -0.25) is 4.99 Å². The maximum Gasteiger partial charge on any atom is 0.191 e. The molecule has 0 atom stereocenters. The third-order valence-electron chi connectivity index (χ3n) is 3.32. The van der Waals surface area contributed by atoms with Crippen molar-refractivity contribution >= 4 is 29.9 Å². The Kier molecular flexibility index (Phi) is 12.5. The van der Waals surface area contributed by atoms with Gasteiger partial charge in [0, 0.05) is 32.2 Å². The quantitative estimate of drug-likeness (QED) is 0.273. The zero-order chi connectivity index (χ0) is 16.2. The summed E-state index contributed by atoms with van der Waals surface area (Å²) < 4.78 is 5.65. The monoisotopic (exact) mass is 432 g/mol. The number of guanidine groups is 1. The standard InChI is InChI=1S/C17H28N4O.HI/c1-5-13-22-16-10-8-7-9-15(16)14-20-17(18-3)19-11-12-21(4)6-2;/h5,7-10H,1,6,11-14H2,2-4H3,(H2,18,19,20);1H. The first kappa shape index (κ1) is 21.7. The van der Waals surface area contributed by atoms with Crippen LogP contribution in [0.15, 0.2) is 41.9 Å². The van der Waals surface area contributed by atoms with E-state index in [-0.39, 0.29) is 24.0 Å². The van der Waals surface area contributed by atoms with Crippen molar-refractivity contribution in [1.82, 2.24) is 15.5 Å². The molecule has 2 N–H and O–H groups in total. The van der Waals surface area contributed by atoms with Gasteiger partial charge in [0.1, 0.15) is 12.4 Å². The number of benzene rings is 1. The predicted octanol–water partition coefficient (Wildman–Crippen LogP) is 2.49. The van der Waals surface area contributed by atoms with Gasteiger partial charge in [-0.25, -0.2) is 0 Å². The molecule has 1 rings (SSSR count). The van der Waals surface area contributed by atoms with Crippen LogP contribution in [0.1, 0.15) is 12.5 Å². The van der Waals surface area contributed by atoms with Gasteiger partial charge in [-0.1, -0.05) is 37.8 Å². The molecular weight excluding hydrogens is 403 g/mol. The van der Waals surface area contributed by atoms with E-state index >= 15 is 0 Å². The smallest absolute Gasteiger partial charge is 0.191 e. The van der Waals surface area contributed by atoms with Gasteiger partial charge in [-0.2, -0.15) is 0 Å². The number of para-hydroxylation sites is 1. The maximum absolute atomic E-state index is 5.65. The molecule has 0 fully saturated rings. The molecule has 0 amide bonds. The van der Waals surface area contributed by atoms with Crippen LogP contribution in [0.25, 0.3) is 0 Å². The Hall–Kier alpha value is -1.28. The van der Waals surface area contributed by atoms with E-state index in [2.05, 4.69) is 41.1 Å². The van der Waals surface area contributed by atoms with Gasteiger partial charge < -0.3 is 20.3 Å². The van der Waals surface area contributed by atoms with Crippen LogP contribution in [0.4, 0.5) is 0 Å². The van der Waals surface area contributed by atoms with Crippen LogP contribution < -0.4 is 15.4 Å². The molecule has 0 saturated carbocycles. The van der Waals surface area contributed by atoms with Crippen molar-refractivity contribution in [2.75, 3.05) is 40.3 Å². The minimum atomic E-state index is 0. The van der Waals surface area contributed by atoms with E-state index in [0.29, 0.717) is 13.2 Å². The van der Waals surface area contributed by atoms with Gasteiger partial charge in [-0.05, 0) is 19.7 Å². The largest absolute Gasteiger partial charge is 0.489 e. The molecule has 0 aliphatic rings. The Morgan fingerprint density at radius 1 is 1.35 bits per heavy atom. The second kappa shape index (κ2) is 13.2. The lowest BCUT2D eigenvalue weighted by atomic mass is 10.2. The number of hydrogen-bond donors (Lipinski definition) is 2. The molecule has 6 heteroatoms. The van der Waals surface area contributed by atoms with Crippen molar-refractivity contribution in [2.24, 2.45) is 4.99 Å². The lowest BCUT2D eigenvalue weighted by Gasteiger charge is -2.17.